The maximum atomic E-state index is 11.2. The Morgan fingerprint density at radius 2 is 2.42 bits per heavy atom. The van der Waals surface area contributed by atoms with Gasteiger partial charge in [-0.3, -0.25) is 0 Å². The Hall–Kier alpha value is -1.25. The number of fused-ring (bicyclic) bond motifs is 1. The van der Waals surface area contributed by atoms with Crippen LogP contribution in [0, 0.1) is 5.92 Å². The van der Waals surface area contributed by atoms with Crippen molar-refractivity contribution in [2.45, 2.75) is 12.8 Å². The molecule has 1 saturated heterocycles. The van der Waals surface area contributed by atoms with E-state index in [0.717, 1.165) is 12.8 Å². The molecule has 3 heteroatoms. The molecule has 0 amide bonds. The van der Waals surface area contributed by atoms with E-state index in [4.69, 9.17) is 4.74 Å². The average molecular weight is 166 g/mol. The van der Waals surface area contributed by atoms with E-state index in [-0.39, 0.29) is 17.6 Å². The first-order chi connectivity index (χ1) is 5.79. The Labute approximate surface area is 70.3 Å². The van der Waals surface area contributed by atoms with Crippen LogP contribution in [0.4, 0.5) is 0 Å². The standard InChI is InChI=1S/C9H10O3/c10-7-3-1-2-6-4-5-12-9(11)8(6)7/h1,3,6,10H,2,4-5H2. The van der Waals surface area contributed by atoms with Gasteiger partial charge < -0.3 is 9.84 Å². The van der Waals surface area contributed by atoms with Gasteiger partial charge in [0, 0.05) is 5.92 Å². The van der Waals surface area contributed by atoms with Crippen LogP contribution in [0.1, 0.15) is 12.8 Å². The third-order valence-electron chi connectivity index (χ3n) is 2.30. The van der Waals surface area contributed by atoms with Crippen LogP contribution in [0.5, 0.6) is 0 Å². The lowest BCUT2D eigenvalue weighted by molar-refractivity contribution is -0.143. The Morgan fingerprint density at radius 1 is 1.58 bits per heavy atom. The lowest BCUT2D eigenvalue weighted by Crippen LogP contribution is -2.26. The fourth-order valence-electron chi connectivity index (χ4n) is 1.67. The van der Waals surface area contributed by atoms with Crippen LogP contribution in [0.3, 0.4) is 0 Å². The minimum absolute atomic E-state index is 0.0796. The maximum Gasteiger partial charge on any atom is 0.338 e. The third kappa shape index (κ3) is 1.02. The van der Waals surface area contributed by atoms with Crippen molar-refractivity contribution in [1.82, 2.24) is 0 Å². The van der Waals surface area contributed by atoms with Crippen LogP contribution in [0.15, 0.2) is 23.5 Å². The number of carbonyl (C=O) groups excluding carboxylic acids is 1. The van der Waals surface area contributed by atoms with Gasteiger partial charge in [0.2, 0.25) is 0 Å². The summed E-state index contributed by atoms with van der Waals surface area (Å²) in [6.45, 7) is 0.480. The number of carbonyl (C=O) groups is 1. The molecule has 3 nitrogen and oxygen atoms in total. The number of ether oxygens (including phenoxy) is 1. The maximum absolute atomic E-state index is 11.2. The lowest BCUT2D eigenvalue weighted by atomic mass is 9.86. The van der Waals surface area contributed by atoms with Gasteiger partial charge in [-0.15, -0.1) is 0 Å². The van der Waals surface area contributed by atoms with Crippen LogP contribution in [0.25, 0.3) is 0 Å². The number of rotatable bonds is 0. The summed E-state index contributed by atoms with van der Waals surface area (Å²) in [5.74, 6) is -0.0969. The summed E-state index contributed by atoms with van der Waals surface area (Å²) in [6.07, 6.45) is 5.13. The zero-order valence-electron chi connectivity index (χ0n) is 6.62. The lowest BCUT2D eigenvalue weighted by Gasteiger charge is -2.25. The van der Waals surface area contributed by atoms with Crippen LogP contribution in [0.2, 0.25) is 0 Å². The predicted octanol–water partition coefficient (Wildman–Crippen LogP) is 1.32. The van der Waals surface area contributed by atoms with Gasteiger partial charge in [-0.2, -0.15) is 0 Å². The molecule has 2 aliphatic rings. The minimum Gasteiger partial charge on any atom is -0.507 e. The monoisotopic (exact) mass is 166 g/mol. The number of hydrogen-bond donors (Lipinski definition) is 1. The molecule has 2 rings (SSSR count). The van der Waals surface area contributed by atoms with E-state index >= 15 is 0 Å². The highest BCUT2D eigenvalue weighted by atomic mass is 16.5. The summed E-state index contributed by atoms with van der Waals surface area (Å²) in [7, 11) is 0. The van der Waals surface area contributed by atoms with E-state index in [1.807, 2.05) is 6.08 Å². The number of esters is 1. The second-order valence-electron chi connectivity index (χ2n) is 3.06. The van der Waals surface area contributed by atoms with Gasteiger partial charge in [0.05, 0.1) is 12.2 Å². The van der Waals surface area contributed by atoms with Crippen LogP contribution >= 0.6 is 0 Å². The molecule has 1 aliphatic heterocycles. The van der Waals surface area contributed by atoms with Crippen molar-refractivity contribution >= 4 is 5.97 Å². The molecule has 12 heavy (non-hydrogen) atoms. The number of hydrogen-bond acceptors (Lipinski definition) is 3. The smallest absolute Gasteiger partial charge is 0.338 e. The molecule has 0 aromatic carbocycles. The Morgan fingerprint density at radius 3 is 3.17 bits per heavy atom. The van der Waals surface area contributed by atoms with Crippen LogP contribution in [-0.4, -0.2) is 17.7 Å². The fourth-order valence-corrected chi connectivity index (χ4v) is 1.67. The van der Waals surface area contributed by atoms with E-state index in [9.17, 15) is 9.90 Å². The van der Waals surface area contributed by atoms with E-state index in [1.165, 1.54) is 0 Å². The van der Waals surface area contributed by atoms with Crippen LogP contribution in [-0.2, 0) is 9.53 Å². The first-order valence-electron chi connectivity index (χ1n) is 4.06. The van der Waals surface area contributed by atoms with Gasteiger partial charge in [0.25, 0.3) is 0 Å². The minimum atomic E-state index is -0.354. The first kappa shape index (κ1) is 7.40. The highest BCUT2D eigenvalue weighted by Crippen LogP contribution is 2.31. The van der Waals surface area contributed by atoms with Gasteiger partial charge in [-0.25, -0.2) is 4.79 Å². The summed E-state index contributed by atoms with van der Waals surface area (Å²) < 4.78 is 4.83. The zero-order valence-corrected chi connectivity index (χ0v) is 6.62. The van der Waals surface area contributed by atoms with Crippen molar-refractivity contribution in [3.8, 4) is 0 Å². The molecule has 0 radical (unpaired) electrons. The predicted molar refractivity (Wildman–Crippen MR) is 42.5 cm³/mol. The molecule has 0 aromatic heterocycles. The number of cyclic esters (lactones) is 1. The molecule has 1 aliphatic carbocycles. The summed E-state index contributed by atoms with van der Waals surface area (Å²) in [6, 6.07) is 0. The summed E-state index contributed by atoms with van der Waals surface area (Å²) in [5, 5.41) is 9.37. The molecular weight excluding hydrogens is 156 g/mol. The fraction of sp³-hybridized carbons (Fsp3) is 0.444. The first-order valence-corrected chi connectivity index (χ1v) is 4.06. The van der Waals surface area contributed by atoms with Crippen molar-refractivity contribution in [3.63, 3.8) is 0 Å². The molecule has 0 spiro atoms. The highest BCUT2D eigenvalue weighted by Gasteiger charge is 2.30. The molecular formula is C9H10O3. The van der Waals surface area contributed by atoms with Crippen molar-refractivity contribution in [2.75, 3.05) is 6.61 Å². The molecule has 64 valence electrons. The molecule has 0 bridgehead atoms. The van der Waals surface area contributed by atoms with Crippen molar-refractivity contribution in [3.05, 3.63) is 23.5 Å². The van der Waals surface area contributed by atoms with Gasteiger partial charge in [-0.05, 0) is 18.9 Å². The summed E-state index contributed by atoms with van der Waals surface area (Å²) in [5.41, 5.74) is 0.462. The Balaban J connectivity index is 2.37. The molecule has 1 fully saturated rings. The molecule has 0 aromatic rings. The average Bonchev–Trinajstić information content (AvgIpc) is 2.04. The number of allylic oxidation sites excluding steroid dienone is 2. The zero-order chi connectivity index (χ0) is 8.55. The second-order valence-corrected chi connectivity index (χ2v) is 3.06. The largest absolute Gasteiger partial charge is 0.507 e. The third-order valence-corrected chi connectivity index (χ3v) is 2.30. The Bertz CT molecular complexity index is 275. The summed E-state index contributed by atoms with van der Waals surface area (Å²) >= 11 is 0. The topological polar surface area (TPSA) is 46.5 Å². The highest BCUT2D eigenvalue weighted by molar-refractivity contribution is 5.91. The van der Waals surface area contributed by atoms with Gasteiger partial charge in [0.15, 0.2) is 0 Å². The number of aliphatic hydroxyl groups excluding tert-OH is 1. The van der Waals surface area contributed by atoms with E-state index in [1.54, 1.807) is 6.08 Å². The SMILES string of the molecule is O=C1OCCC2CC=CC(O)=C12. The second kappa shape index (κ2) is 2.66. The number of aliphatic hydroxyl groups is 1. The quantitative estimate of drug-likeness (QED) is 0.552. The Kier molecular flexibility index (Phi) is 1.64. The van der Waals surface area contributed by atoms with Gasteiger partial charge >= 0.3 is 5.97 Å². The van der Waals surface area contributed by atoms with E-state index in [2.05, 4.69) is 0 Å². The normalized spacial score (nSPS) is 28.3. The van der Waals surface area contributed by atoms with Crippen molar-refractivity contribution < 1.29 is 14.6 Å². The molecule has 1 N–H and O–H groups in total. The van der Waals surface area contributed by atoms with Crippen molar-refractivity contribution in [2.24, 2.45) is 5.92 Å². The van der Waals surface area contributed by atoms with E-state index in [0.29, 0.717) is 12.2 Å². The van der Waals surface area contributed by atoms with Gasteiger partial charge in [-0.1, -0.05) is 6.08 Å². The summed E-state index contributed by atoms with van der Waals surface area (Å²) in [4.78, 5) is 11.2. The molecule has 1 unspecified atom stereocenters. The molecule has 0 saturated carbocycles. The van der Waals surface area contributed by atoms with E-state index < -0.39 is 0 Å². The van der Waals surface area contributed by atoms with Gasteiger partial charge in [0.1, 0.15) is 5.76 Å². The van der Waals surface area contributed by atoms with Crippen LogP contribution < -0.4 is 0 Å². The van der Waals surface area contributed by atoms with Crippen molar-refractivity contribution in [1.29, 1.82) is 0 Å². The molecule has 1 atom stereocenters. The molecule has 1 heterocycles.